The lowest BCUT2D eigenvalue weighted by Gasteiger charge is -2.24. The molecule has 1 saturated heterocycles. The quantitative estimate of drug-likeness (QED) is 0.781. The van der Waals surface area contributed by atoms with Crippen LogP contribution < -0.4 is 11.1 Å². The summed E-state index contributed by atoms with van der Waals surface area (Å²) in [5.41, 5.74) is 3.54. The van der Waals surface area contributed by atoms with Gasteiger partial charge in [-0.3, -0.25) is 4.79 Å². The van der Waals surface area contributed by atoms with Crippen molar-refractivity contribution in [1.29, 1.82) is 0 Å². The first kappa shape index (κ1) is 19.9. The van der Waals surface area contributed by atoms with E-state index in [1.165, 1.54) is 11.0 Å². The van der Waals surface area contributed by atoms with Crippen LogP contribution in [0.15, 0.2) is 18.2 Å². The summed E-state index contributed by atoms with van der Waals surface area (Å²) < 4.78 is 43.8. The smallest absolute Gasteiger partial charge is 0.416 e. The standard InChI is InChI=1S/C17H22F3N3O3/c1-16(2,3)26-15(25)23-5-4-13(9-23)22-14(24)10-6-11(17(18,19)20)8-12(21)7-10/h6-8,13H,4-5,9,21H2,1-3H3,(H,22,24). The molecule has 1 fully saturated rings. The van der Waals surface area contributed by atoms with E-state index in [-0.39, 0.29) is 23.8 Å². The summed E-state index contributed by atoms with van der Waals surface area (Å²) in [6, 6.07) is 2.35. The van der Waals surface area contributed by atoms with Gasteiger partial charge < -0.3 is 20.7 Å². The molecule has 0 aromatic heterocycles. The minimum atomic E-state index is -4.59. The summed E-state index contributed by atoms with van der Waals surface area (Å²) in [5, 5.41) is 2.64. The van der Waals surface area contributed by atoms with E-state index in [0.29, 0.717) is 13.0 Å². The Morgan fingerprint density at radius 1 is 1.23 bits per heavy atom. The molecule has 6 nitrogen and oxygen atoms in total. The number of halogens is 3. The second-order valence-corrected chi connectivity index (χ2v) is 7.23. The molecular formula is C17H22F3N3O3. The van der Waals surface area contributed by atoms with Crippen molar-refractivity contribution >= 4 is 17.7 Å². The van der Waals surface area contributed by atoms with Crippen molar-refractivity contribution in [3.63, 3.8) is 0 Å². The van der Waals surface area contributed by atoms with Gasteiger partial charge in [-0.15, -0.1) is 0 Å². The van der Waals surface area contributed by atoms with Gasteiger partial charge in [-0.25, -0.2) is 4.79 Å². The molecule has 26 heavy (non-hydrogen) atoms. The zero-order valence-corrected chi connectivity index (χ0v) is 14.8. The molecule has 1 heterocycles. The Morgan fingerprint density at radius 3 is 2.46 bits per heavy atom. The Kier molecular flexibility index (Phi) is 5.39. The minimum Gasteiger partial charge on any atom is -0.444 e. The third-order valence-corrected chi connectivity index (χ3v) is 3.72. The Hall–Kier alpha value is -2.45. The lowest BCUT2D eigenvalue weighted by molar-refractivity contribution is -0.137. The van der Waals surface area contributed by atoms with Gasteiger partial charge in [-0.05, 0) is 45.4 Å². The van der Waals surface area contributed by atoms with Crippen molar-refractivity contribution in [2.24, 2.45) is 0 Å². The maximum absolute atomic E-state index is 12.8. The number of rotatable bonds is 2. The third-order valence-electron chi connectivity index (χ3n) is 3.72. The average molecular weight is 373 g/mol. The molecule has 2 rings (SSSR count). The monoisotopic (exact) mass is 373 g/mol. The van der Waals surface area contributed by atoms with Crippen LogP contribution in [0, 0.1) is 0 Å². The zero-order chi connectivity index (χ0) is 19.7. The average Bonchev–Trinajstić information content (AvgIpc) is 2.92. The molecule has 1 aliphatic heterocycles. The van der Waals surface area contributed by atoms with Gasteiger partial charge in [0.05, 0.1) is 5.56 Å². The van der Waals surface area contributed by atoms with Crippen LogP contribution in [-0.2, 0) is 10.9 Å². The number of benzene rings is 1. The minimum absolute atomic E-state index is 0.147. The number of carbonyl (C=O) groups is 2. The van der Waals surface area contributed by atoms with Gasteiger partial charge in [0.1, 0.15) is 5.60 Å². The summed E-state index contributed by atoms with van der Waals surface area (Å²) in [6.07, 6.45) is -4.59. The number of hydrogen-bond donors (Lipinski definition) is 2. The van der Waals surface area contributed by atoms with Crippen LogP contribution in [-0.4, -0.2) is 41.6 Å². The van der Waals surface area contributed by atoms with Crippen molar-refractivity contribution in [2.75, 3.05) is 18.8 Å². The second-order valence-electron chi connectivity index (χ2n) is 7.23. The van der Waals surface area contributed by atoms with E-state index in [0.717, 1.165) is 12.1 Å². The van der Waals surface area contributed by atoms with E-state index in [1.807, 2.05) is 0 Å². The molecule has 0 spiro atoms. The Balaban J connectivity index is 2.01. The van der Waals surface area contributed by atoms with Gasteiger partial charge in [-0.1, -0.05) is 0 Å². The SMILES string of the molecule is CC(C)(C)OC(=O)N1CCC(NC(=O)c2cc(N)cc(C(F)(F)F)c2)C1. The second kappa shape index (κ2) is 7.05. The number of nitrogens with two attached hydrogens (primary N) is 1. The maximum Gasteiger partial charge on any atom is 0.416 e. The van der Waals surface area contributed by atoms with Crippen LogP contribution in [0.1, 0.15) is 43.1 Å². The first-order valence-electron chi connectivity index (χ1n) is 8.12. The number of hydrogen-bond acceptors (Lipinski definition) is 4. The van der Waals surface area contributed by atoms with Gasteiger partial charge >= 0.3 is 12.3 Å². The summed E-state index contributed by atoms with van der Waals surface area (Å²) in [4.78, 5) is 25.7. The van der Waals surface area contributed by atoms with Crippen LogP contribution in [0.4, 0.5) is 23.7 Å². The molecular weight excluding hydrogens is 351 g/mol. The highest BCUT2D eigenvalue weighted by molar-refractivity contribution is 5.95. The summed E-state index contributed by atoms with van der Waals surface area (Å²) >= 11 is 0. The van der Waals surface area contributed by atoms with Crippen LogP contribution in [0.2, 0.25) is 0 Å². The first-order chi connectivity index (χ1) is 11.8. The highest BCUT2D eigenvalue weighted by Gasteiger charge is 2.33. The van der Waals surface area contributed by atoms with Crippen molar-refractivity contribution in [3.05, 3.63) is 29.3 Å². The number of ether oxygens (including phenoxy) is 1. The molecule has 1 atom stereocenters. The molecule has 0 saturated carbocycles. The molecule has 9 heteroatoms. The van der Waals surface area contributed by atoms with E-state index in [2.05, 4.69) is 5.32 Å². The van der Waals surface area contributed by atoms with Gasteiger partial charge in [0.15, 0.2) is 0 Å². The maximum atomic E-state index is 12.8. The molecule has 0 aliphatic carbocycles. The summed E-state index contributed by atoms with van der Waals surface area (Å²) in [5.74, 6) is -0.668. The van der Waals surface area contributed by atoms with Crippen molar-refractivity contribution in [3.8, 4) is 0 Å². The molecule has 1 unspecified atom stereocenters. The fraction of sp³-hybridized carbons (Fsp3) is 0.529. The van der Waals surface area contributed by atoms with Crippen LogP contribution in [0.25, 0.3) is 0 Å². The van der Waals surface area contributed by atoms with E-state index >= 15 is 0 Å². The van der Waals surface area contributed by atoms with Crippen LogP contribution in [0.3, 0.4) is 0 Å². The molecule has 1 aromatic rings. The van der Waals surface area contributed by atoms with Gasteiger partial charge in [0, 0.05) is 30.4 Å². The zero-order valence-electron chi connectivity index (χ0n) is 14.8. The lowest BCUT2D eigenvalue weighted by atomic mass is 10.1. The topological polar surface area (TPSA) is 84.7 Å². The molecule has 0 radical (unpaired) electrons. The summed E-state index contributed by atoms with van der Waals surface area (Å²) in [7, 11) is 0. The fourth-order valence-corrected chi connectivity index (χ4v) is 2.59. The van der Waals surface area contributed by atoms with Crippen molar-refractivity contribution < 1.29 is 27.5 Å². The molecule has 1 aromatic carbocycles. The number of alkyl halides is 3. The summed E-state index contributed by atoms with van der Waals surface area (Å²) in [6.45, 7) is 5.87. The largest absolute Gasteiger partial charge is 0.444 e. The highest BCUT2D eigenvalue weighted by atomic mass is 19.4. The van der Waals surface area contributed by atoms with Crippen LogP contribution >= 0.6 is 0 Å². The lowest BCUT2D eigenvalue weighted by Crippen LogP contribution is -2.40. The Bertz CT molecular complexity index is 699. The Labute approximate surface area is 149 Å². The van der Waals surface area contributed by atoms with Gasteiger partial charge in [-0.2, -0.15) is 13.2 Å². The van der Waals surface area contributed by atoms with Gasteiger partial charge in [0.25, 0.3) is 5.91 Å². The number of nitrogens with zero attached hydrogens (tertiary/aromatic N) is 1. The Morgan fingerprint density at radius 2 is 1.88 bits per heavy atom. The molecule has 3 N–H and O–H groups in total. The number of nitrogen functional groups attached to an aromatic ring is 1. The third kappa shape index (κ3) is 5.27. The van der Waals surface area contributed by atoms with E-state index < -0.39 is 29.3 Å². The fourth-order valence-electron chi connectivity index (χ4n) is 2.59. The van der Waals surface area contributed by atoms with Crippen LogP contribution in [0.5, 0.6) is 0 Å². The highest BCUT2D eigenvalue weighted by Crippen LogP contribution is 2.31. The van der Waals surface area contributed by atoms with E-state index in [9.17, 15) is 22.8 Å². The number of amides is 2. The molecule has 0 bridgehead atoms. The number of likely N-dealkylation sites (tertiary alicyclic amines) is 1. The molecule has 2 amide bonds. The number of nitrogens with one attached hydrogen (secondary N) is 1. The predicted octanol–water partition coefficient (Wildman–Crippen LogP) is 3.03. The first-order valence-corrected chi connectivity index (χ1v) is 8.12. The van der Waals surface area contributed by atoms with Gasteiger partial charge in [0.2, 0.25) is 0 Å². The van der Waals surface area contributed by atoms with E-state index in [4.69, 9.17) is 10.5 Å². The molecule has 144 valence electrons. The number of anilines is 1. The molecule has 1 aliphatic rings. The predicted molar refractivity (Wildman–Crippen MR) is 89.5 cm³/mol. The normalized spacial score (nSPS) is 17.9. The van der Waals surface area contributed by atoms with Crippen molar-refractivity contribution in [1.82, 2.24) is 10.2 Å². The number of carbonyl (C=O) groups excluding carboxylic acids is 2. The van der Waals surface area contributed by atoms with E-state index in [1.54, 1.807) is 20.8 Å². The van der Waals surface area contributed by atoms with Crippen molar-refractivity contribution in [2.45, 2.75) is 45.0 Å².